The van der Waals surface area contributed by atoms with Gasteiger partial charge in [0.05, 0.1) is 25.3 Å². The van der Waals surface area contributed by atoms with Crippen LogP contribution >= 0.6 is 0 Å². The van der Waals surface area contributed by atoms with Gasteiger partial charge in [-0.05, 0) is 37.6 Å². The lowest BCUT2D eigenvalue weighted by atomic mass is 9.96. The molecule has 7 nitrogen and oxygen atoms in total. The number of anilines is 2. The summed E-state index contributed by atoms with van der Waals surface area (Å²) in [6, 6.07) is 7.04. The number of morpholine rings is 1. The third-order valence-electron chi connectivity index (χ3n) is 4.19. The van der Waals surface area contributed by atoms with Gasteiger partial charge in [0.2, 0.25) is 11.8 Å². The van der Waals surface area contributed by atoms with Crippen LogP contribution in [0.1, 0.15) is 26.7 Å². The smallest absolute Gasteiger partial charge is 0.244 e. The van der Waals surface area contributed by atoms with E-state index >= 15 is 0 Å². The molecule has 2 amide bonds. The fraction of sp³-hybridized carbons (Fsp3) is 0.556. The number of nitrogens with zero attached hydrogens (tertiary/aromatic N) is 1. The largest absolute Gasteiger partial charge is 0.379 e. The van der Waals surface area contributed by atoms with E-state index in [4.69, 9.17) is 10.5 Å². The molecule has 1 atom stereocenters. The lowest BCUT2D eigenvalue weighted by molar-refractivity contribution is -0.121. The van der Waals surface area contributed by atoms with Crippen LogP contribution < -0.4 is 16.4 Å². The van der Waals surface area contributed by atoms with Crippen molar-refractivity contribution in [1.29, 1.82) is 0 Å². The monoisotopic (exact) mass is 348 g/mol. The number of carbonyl (C=O) groups is 2. The number of benzene rings is 1. The third-order valence-corrected chi connectivity index (χ3v) is 4.19. The summed E-state index contributed by atoms with van der Waals surface area (Å²) in [6.45, 7) is 6.95. The van der Waals surface area contributed by atoms with Crippen LogP contribution in [0.2, 0.25) is 0 Å². The molecule has 25 heavy (non-hydrogen) atoms. The highest BCUT2D eigenvalue weighted by atomic mass is 16.5. The molecule has 138 valence electrons. The Morgan fingerprint density at radius 2 is 1.72 bits per heavy atom. The lowest BCUT2D eigenvalue weighted by Gasteiger charge is -2.25. The van der Waals surface area contributed by atoms with Crippen LogP contribution in [0.4, 0.5) is 11.4 Å². The van der Waals surface area contributed by atoms with E-state index in [0.717, 1.165) is 19.5 Å². The maximum atomic E-state index is 12.2. The van der Waals surface area contributed by atoms with Gasteiger partial charge in [-0.15, -0.1) is 0 Å². The highest BCUT2D eigenvalue weighted by molar-refractivity contribution is 5.98. The fourth-order valence-corrected chi connectivity index (χ4v) is 2.71. The molecule has 0 radical (unpaired) electrons. The molecule has 0 bridgehead atoms. The molecule has 1 saturated heterocycles. The molecule has 0 saturated carbocycles. The van der Waals surface area contributed by atoms with Gasteiger partial charge in [0.15, 0.2) is 0 Å². The highest BCUT2D eigenvalue weighted by Crippen LogP contribution is 2.17. The Hall–Kier alpha value is -1.96. The van der Waals surface area contributed by atoms with Crippen molar-refractivity contribution in [2.24, 2.45) is 5.73 Å². The van der Waals surface area contributed by atoms with Gasteiger partial charge in [0.1, 0.15) is 0 Å². The van der Waals surface area contributed by atoms with Gasteiger partial charge in [0.25, 0.3) is 0 Å². The SMILES string of the molecule is CCCC(C)(N)C(=O)Nc1ccc(NC(=O)CN2CCOCC2)cc1. The summed E-state index contributed by atoms with van der Waals surface area (Å²) < 4.78 is 5.27. The van der Waals surface area contributed by atoms with Crippen molar-refractivity contribution >= 4 is 23.2 Å². The van der Waals surface area contributed by atoms with Crippen LogP contribution in [0.5, 0.6) is 0 Å². The molecule has 1 fully saturated rings. The number of carbonyl (C=O) groups excluding carboxylic acids is 2. The number of rotatable bonds is 7. The second kappa shape index (κ2) is 8.94. The van der Waals surface area contributed by atoms with E-state index in [-0.39, 0.29) is 11.8 Å². The number of amides is 2. The summed E-state index contributed by atoms with van der Waals surface area (Å²) >= 11 is 0. The molecule has 0 aromatic heterocycles. The minimum Gasteiger partial charge on any atom is -0.379 e. The molecule has 1 heterocycles. The lowest BCUT2D eigenvalue weighted by Crippen LogP contribution is -2.48. The molecule has 4 N–H and O–H groups in total. The number of ether oxygens (including phenoxy) is 1. The summed E-state index contributed by atoms with van der Waals surface area (Å²) in [5.74, 6) is -0.269. The Morgan fingerprint density at radius 3 is 2.28 bits per heavy atom. The van der Waals surface area contributed by atoms with Crippen molar-refractivity contribution in [3.05, 3.63) is 24.3 Å². The summed E-state index contributed by atoms with van der Waals surface area (Å²) in [5.41, 5.74) is 6.48. The molecular weight excluding hydrogens is 320 g/mol. The highest BCUT2D eigenvalue weighted by Gasteiger charge is 2.27. The van der Waals surface area contributed by atoms with Crippen molar-refractivity contribution in [1.82, 2.24) is 4.90 Å². The van der Waals surface area contributed by atoms with Crippen LogP contribution in [0, 0.1) is 0 Å². The molecule has 0 spiro atoms. The fourth-order valence-electron chi connectivity index (χ4n) is 2.71. The predicted octanol–water partition coefficient (Wildman–Crippen LogP) is 1.41. The Morgan fingerprint density at radius 1 is 1.16 bits per heavy atom. The quantitative estimate of drug-likeness (QED) is 0.692. The average molecular weight is 348 g/mol. The number of hydrogen-bond donors (Lipinski definition) is 3. The van der Waals surface area contributed by atoms with Crippen molar-refractivity contribution in [2.45, 2.75) is 32.2 Å². The summed E-state index contributed by atoms with van der Waals surface area (Å²) in [7, 11) is 0. The summed E-state index contributed by atoms with van der Waals surface area (Å²) in [4.78, 5) is 26.3. The minimum absolute atomic E-state index is 0.0591. The molecule has 1 aliphatic rings. The second-order valence-electron chi connectivity index (χ2n) is 6.64. The van der Waals surface area contributed by atoms with Crippen molar-refractivity contribution in [2.75, 3.05) is 43.5 Å². The van der Waals surface area contributed by atoms with E-state index in [9.17, 15) is 9.59 Å². The van der Waals surface area contributed by atoms with Crippen LogP contribution in [0.25, 0.3) is 0 Å². The topological polar surface area (TPSA) is 96.7 Å². The molecule has 1 unspecified atom stereocenters. The predicted molar refractivity (Wildman–Crippen MR) is 98.5 cm³/mol. The summed E-state index contributed by atoms with van der Waals surface area (Å²) in [6.07, 6.45) is 1.46. The first-order valence-electron chi connectivity index (χ1n) is 8.71. The first-order chi connectivity index (χ1) is 11.9. The molecule has 7 heteroatoms. The van der Waals surface area contributed by atoms with Crippen LogP contribution in [-0.4, -0.2) is 55.1 Å². The number of nitrogens with two attached hydrogens (primary N) is 1. The molecular formula is C18H28N4O3. The van der Waals surface area contributed by atoms with Gasteiger partial charge in [-0.2, -0.15) is 0 Å². The van der Waals surface area contributed by atoms with E-state index in [0.29, 0.717) is 37.6 Å². The first-order valence-corrected chi connectivity index (χ1v) is 8.71. The van der Waals surface area contributed by atoms with Crippen LogP contribution in [0.15, 0.2) is 24.3 Å². The van der Waals surface area contributed by atoms with Gasteiger partial charge >= 0.3 is 0 Å². The number of nitrogens with one attached hydrogen (secondary N) is 2. The van der Waals surface area contributed by atoms with E-state index in [1.807, 2.05) is 6.92 Å². The maximum absolute atomic E-state index is 12.2. The summed E-state index contributed by atoms with van der Waals surface area (Å²) in [5, 5.41) is 5.68. The Balaban J connectivity index is 1.84. The number of hydrogen-bond acceptors (Lipinski definition) is 5. The molecule has 1 aromatic rings. The van der Waals surface area contributed by atoms with Gasteiger partial charge in [-0.1, -0.05) is 13.3 Å². The van der Waals surface area contributed by atoms with Crippen molar-refractivity contribution in [3.8, 4) is 0 Å². The third kappa shape index (κ3) is 6.12. The minimum atomic E-state index is -0.889. The zero-order valence-corrected chi connectivity index (χ0v) is 15.0. The Kier molecular flexibility index (Phi) is 6.92. The molecule has 0 aliphatic carbocycles. The zero-order chi connectivity index (χ0) is 18.3. The second-order valence-corrected chi connectivity index (χ2v) is 6.64. The van der Waals surface area contributed by atoms with E-state index in [1.165, 1.54) is 0 Å². The normalized spacial score (nSPS) is 17.6. The van der Waals surface area contributed by atoms with E-state index in [1.54, 1.807) is 31.2 Å². The van der Waals surface area contributed by atoms with Gasteiger partial charge in [-0.25, -0.2) is 0 Å². The van der Waals surface area contributed by atoms with Gasteiger partial charge in [-0.3, -0.25) is 14.5 Å². The van der Waals surface area contributed by atoms with Crippen LogP contribution in [0.3, 0.4) is 0 Å². The van der Waals surface area contributed by atoms with Crippen molar-refractivity contribution < 1.29 is 14.3 Å². The average Bonchev–Trinajstić information content (AvgIpc) is 2.57. The first kappa shape index (κ1) is 19.4. The Labute approximate surface area is 148 Å². The van der Waals surface area contributed by atoms with Gasteiger partial charge in [0, 0.05) is 24.5 Å². The maximum Gasteiger partial charge on any atom is 0.244 e. The van der Waals surface area contributed by atoms with Crippen LogP contribution in [-0.2, 0) is 14.3 Å². The van der Waals surface area contributed by atoms with Gasteiger partial charge < -0.3 is 21.1 Å². The molecule has 1 aromatic carbocycles. The Bertz CT molecular complexity index is 580. The molecule has 1 aliphatic heterocycles. The van der Waals surface area contributed by atoms with Crippen molar-refractivity contribution in [3.63, 3.8) is 0 Å². The van der Waals surface area contributed by atoms with E-state index < -0.39 is 5.54 Å². The zero-order valence-electron chi connectivity index (χ0n) is 15.0. The molecule has 2 rings (SSSR count). The van der Waals surface area contributed by atoms with E-state index in [2.05, 4.69) is 15.5 Å². The standard InChI is InChI=1S/C18H28N4O3/c1-3-8-18(2,19)17(24)21-15-6-4-14(5-7-15)20-16(23)13-22-9-11-25-12-10-22/h4-7H,3,8-13,19H2,1-2H3,(H,20,23)(H,21,24).